The summed E-state index contributed by atoms with van der Waals surface area (Å²) >= 11 is 9.03. The Morgan fingerprint density at radius 2 is 2.04 bits per heavy atom. The number of rotatable bonds is 10. The summed E-state index contributed by atoms with van der Waals surface area (Å²) in [4.78, 5) is 17.5. The Bertz CT molecular complexity index is 931. The van der Waals surface area contributed by atoms with E-state index in [2.05, 4.69) is 27.4 Å². The van der Waals surface area contributed by atoms with Crippen LogP contribution in [0.5, 0.6) is 0 Å². The highest BCUT2D eigenvalue weighted by Crippen LogP contribution is 2.35. The van der Waals surface area contributed by atoms with Gasteiger partial charge in [0.15, 0.2) is 4.34 Å². The van der Waals surface area contributed by atoms with Crippen LogP contribution in [0.2, 0.25) is 5.02 Å². The molecule has 0 fully saturated rings. The average Bonchev–Trinajstić information content (AvgIpc) is 3.11. The number of benzene rings is 1. The second kappa shape index (κ2) is 10.7. The van der Waals surface area contributed by atoms with Crippen LogP contribution in [0.4, 0.5) is 0 Å². The van der Waals surface area contributed by atoms with Gasteiger partial charge in [0.2, 0.25) is 5.91 Å². The number of halogens is 1. The maximum Gasteiger partial charge on any atom is 0.226 e. The fraction of sp³-hybridized carbons (Fsp3) is 0.400. The van der Waals surface area contributed by atoms with E-state index in [9.17, 15) is 4.79 Å². The summed E-state index contributed by atoms with van der Waals surface area (Å²) in [7, 11) is 0. The third kappa shape index (κ3) is 6.15. The van der Waals surface area contributed by atoms with Crippen LogP contribution in [-0.4, -0.2) is 27.6 Å². The molecule has 0 bridgehead atoms. The lowest BCUT2D eigenvalue weighted by atomic mass is 10.1. The summed E-state index contributed by atoms with van der Waals surface area (Å²) < 4.78 is 0.810. The van der Waals surface area contributed by atoms with Crippen molar-refractivity contribution in [3.63, 3.8) is 0 Å². The number of amides is 1. The Hall–Kier alpha value is -1.70. The first-order chi connectivity index (χ1) is 13.7. The molecule has 1 amide bonds. The molecule has 28 heavy (non-hydrogen) atoms. The highest BCUT2D eigenvalue weighted by molar-refractivity contribution is 8.01. The van der Waals surface area contributed by atoms with E-state index in [1.165, 1.54) is 48.8 Å². The standard InChI is InChI=1S/C20H23ClN4OS2/c1-2-3-4-5-6-10-23-18(26)13-19-24-25-20(28-19)27-17-9-11-22-16-12-14(21)7-8-15(16)17/h7-9,11-12H,2-6,10,13H2,1H3,(H,23,26). The average molecular weight is 435 g/mol. The number of pyridine rings is 1. The first-order valence-corrected chi connectivity index (χ1v) is 11.5. The third-order valence-corrected chi connectivity index (χ3v) is 6.51. The van der Waals surface area contributed by atoms with Crippen LogP contribution in [0.3, 0.4) is 0 Å². The van der Waals surface area contributed by atoms with Crippen LogP contribution >= 0.6 is 34.7 Å². The highest BCUT2D eigenvalue weighted by Gasteiger charge is 2.12. The number of nitrogens with zero attached hydrogens (tertiary/aromatic N) is 3. The smallest absolute Gasteiger partial charge is 0.226 e. The molecule has 3 rings (SSSR count). The molecule has 0 unspecified atom stereocenters. The molecule has 0 radical (unpaired) electrons. The molecule has 0 aliphatic carbocycles. The molecule has 2 aromatic heterocycles. The van der Waals surface area contributed by atoms with Gasteiger partial charge < -0.3 is 5.32 Å². The van der Waals surface area contributed by atoms with Gasteiger partial charge in [0, 0.05) is 28.0 Å². The second-order valence-corrected chi connectivity index (χ2v) is 9.26. The van der Waals surface area contributed by atoms with Gasteiger partial charge in [-0.25, -0.2) is 0 Å². The summed E-state index contributed by atoms with van der Waals surface area (Å²) in [5, 5.41) is 13.8. The van der Waals surface area contributed by atoms with Gasteiger partial charge in [-0.05, 0) is 24.6 Å². The summed E-state index contributed by atoms with van der Waals surface area (Å²) in [6.07, 6.45) is 7.96. The van der Waals surface area contributed by atoms with E-state index in [0.29, 0.717) is 5.02 Å². The van der Waals surface area contributed by atoms with Crippen LogP contribution in [0.25, 0.3) is 10.9 Å². The van der Waals surface area contributed by atoms with Crippen molar-refractivity contribution in [3.05, 3.63) is 40.5 Å². The maximum atomic E-state index is 12.1. The minimum absolute atomic E-state index is 0.00666. The Labute approximate surface area is 178 Å². The molecule has 0 aliphatic heterocycles. The number of hydrogen-bond donors (Lipinski definition) is 1. The van der Waals surface area contributed by atoms with Crippen LogP contribution in [0.1, 0.15) is 44.0 Å². The van der Waals surface area contributed by atoms with Crippen molar-refractivity contribution in [1.82, 2.24) is 20.5 Å². The number of nitrogens with one attached hydrogen (secondary N) is 1. The van der Waals surface area contributed by atoms with Gasteiger partial charge in [-0.3, -0.25) is 9.78 Å². The third-order valence-electron chi connectivity index (χ3n) is 4.22. The molecule has 8 heteroatoms. The predicted molar refractivity (Wildman–Crippen MR) is 116 cm³/mol. The molecule has 148 valence electrons. The van der Waals surface area contributed by atoms with Crippen molar-refractivity contribution >= 4 is 51.5 Å². The Kier molecular flexibility index (Phi) is 8.06. The number of carbonyl (C=O) groups excluding carboxylic acids is 1. The molecule has 0 saturated heterocycles. The molecular formula is C20H23ClN4OS2. The topological polar surface area (TPSA) is 67.8 Å². The fourth-order valence-corrected chi connectivity index (χ4v) is 4.93. The SMILES string of the molecule is CCCCCCCNC(=O)Cc1nnc(Sc2ccnc3cc(Cl)ccc23)s1. The molecule has 0 spiro atoms. The van der Waals surface area contributed by atoms with Gasteiger partial charge in [0.05, 0.1) is 11.9 Å². The van der Waals surface area contributed by atoms with E-state index in [0.717, 1.165) is 38.1 Å². The first-order valence-electron chi connectivity index (χ1n) is 9.47. The molecule has 1 N–H and O–H groups in total. The number of unbranched alkanes of at least 4 members (excludes halogenated alkanes) is 4. The van der Waals surface area contributed by atoms with Crippen LogP contribution in [-0.2, 0) is 11.2 Å². The molecule has 1 aromatic carbocycles. The van der Waals surface area contributed by atoms with E-state index in [4.69, 9.17) is 11.6 Å². The van der Waals surface area contributed by atoms with Crippen molar-refractivity contribution in [3.8, 4) is 0 Å². The zero-order valence-corrected chi connectivity index (χ0v) is 18.2. The van der Waals surface area contributed by atoms with Gasteiger partial charge in [-0.15, -0.1) is 10.2 Å². The molecule has 5 nitrogen and oxygen atoms in total. The summed E-state index contributed by atoms with van der Waals surface area (Å²) in [5.41, 5.74) is 0.848. The quantitative estimate of drug-likeness (QED) is 0.425. The van der Waals surface area contributed by atoms with Gasteiger partial charge in [0.1, 0.15) is 5.01 Å². The number of fused-ring (bicyclic) bond motifs is 1. The zero-order chi connectivity index (χ0) is 19.8. The normalized spacial score (nSPS) is 11.1. The van der Waals surface area contributed by atoms with Crippen molar-refractivity contribution in [2.75, 3.05) is 6.54 Å². The Balaban J connectivity index is 1.53. The van der Waals surface area contributed by atoms with Crippen molar-refractivity contribution in [2.45, 2.75) is 54.7 Å². The minimum atomic E-state index is 0.00666. The number of hydrogen-bond acceptors (Lipinski definition) is 6. The molecule has 3 aromatic rings. The maximum absolute atomic E-state index is 12.1. The molecular weight excluding hydrogens is 412 g/mol. The first kappa shape index (κ1) is 21.0. The second-order valence-electron chi connectivity index (χ2n) is 6.48. The molecule has 0 aliphatic rings. The largest absolute Gasteiger partial charge is 0.356 e. The van der Waals surface area contributed by atoms with E-state index < -0.39 is 0 Å². The van der Waals surface area contributed by atoms with Crippen molar-refractivity contribution in [2.24, 2.45) is 0 Å². The predicted octanol–water partition coefficient (Wildman–Crippen LogP) is 5.52. The summed E-state index contributed by atoms with van der Waals surface area (Å²) in [6.45, 7) is 2.93. The lowest BCUT2D eigenvalue weighted by Gasteiger charge is -2.04. The summed E-state index contributed by atoms with van der Waals surface area (Å²) in [5.74, 6) is 0.00666. The molecule has 0 atom stereocenters. The van der Waals surface area contributed by atoms with Crippen LogP contribution in [0.15, 0.2) is 39.7 Å². The van der Waals surface area contributed by atoms with Gasteiger partial charge in [0.25, 0.3) is 0 Å². The number of carbonyl (C=O) groups is 1. The van der Waals surface area contributed by atoms with E-state index in [1.54, 1.807) is 6.20 Å². The monoisotopic (exact) mass is 434 g/mol. The van der Waals surface area contributed by atoms with E-state index in [-0.39, 0.29) is 12.3 Å². The van der Waals surface area contributed by atoms with Gasteiger partial charge in [-0.1, -0.05) is 73.4 Å². The Morgan fingerprint density at radius 3 is 2.89 bits per heavy atom. The fourth-order valence-electron chi connectivity index (χ4n) is 2.79. The lowest BCUT2D eigenvalue weighted by molar-refractivity contribution is -0.120. The van der Waals surface area contributed by atoms with E-state index >= 15 is 0 Å². The van der Waals surface area contributed by atoms with E-state index in [1.807, 2.05) is 24.3 Å². The zero-order valence-electron chi connectivity index (χ0n) is 15.8. The highest BCUT2D eigenvalue weighted by atomic mass is 35.5. The van der Waals surface area contributed by atoms with Crippen molar-refractivity contribution < 1.29 is 4.79 Å². The van der Waals surface area contributed by atoms with Crippen LogP contribution < -0.4 is 5.32 Å². The summed E-state index contributed by atoms with van der Waals surface area (Å²) in [6, 6.07) is 7.61. The van der Waals surface area contributed by atoms with Gasteiger partial charge in [-0.2, -0.15) is 0 Å². The van der Waals surface area contributed by atoms with Gasteiger partial charge >= 0.3 is 0 Å². The number of aromatic nitrogens is 3. The Morgan fingerprint density at radius 1 is 1.18 bits per heavy atom. The lowest BCUT2D eigenvalue weighted by Crippen LogP contribution is -2.26. The van der Waals surface area contributed by atoms with Crippen molar-refractivity contribution in [1.29, 1.82) is 0 Å². The molecule has 0 saturated carbocycles. The minimum Gasteiger partial charge on any atom is -0.356 e. The van der Waals surface area contributed by atoms with Crippen LogP contribution in [0, 0.1) is 0 Å². The molecule has 2 heterocycles.